The molecule has 1 amide bonds. The fourth-order valence-electron chi connectivity index (χ4n) is 3.59. The molecule has 1 unspecified atom stereocenters. The molecule has 7 heteroatoms. The van der Waals surface area contributed by atoms with E-state index in [0.717, 1.165) is 61.9 Å². The maximum absolute atomic E-state index is 12.2. The molecule has 0 aromatic heterocycles. The summed E-state index contributed by atoms with van der Waals surface area (Å²) in [5, 5.41) is 6.74. The molecule has 168 valence electrons. The van der Waals surface area contributed by atoms with E-state index in [1.807, 2.05) is 30.3 Å². The molecular weight excluding hydrogens is 503 g/mol. The molecule has 6 nitrogen and oxygen atoms in total. The number of amides is 1. The average Bonchev–Trinajstić information content (AvgIpc) is 2.77. The lowest BCUT2D eigenvalue weighted by molar-refractivity contribution is 0.0827. The molecule has 0 bridgehead atoms. The second-order valence-corrected chi connectivity index (χ2v) is 7.67. The predicted octanol–water partition coefficient (Wildman–Crippen LogP) is 3.67. The van der Waals surface area contributed by atoms with E-state index in [-0.39, 0.29) is 29.9 Å². The number of nitrogens with zero attached hydrogens (tertiary/aromatic N) is 2. The lowest BCUT2D eigenvalue weighted by Gasteiger charge is -2.25. The minimum Gasteiger partial charge on any atom is -0.493 e. The van der Waals surface area contributed by atoms with Crippen LogP contribution in [-0.4, -0.2) is 57.1 Å². The van der Waals surface area contributed by atoms with Crippen LogP contribution in [0.1, 0.15) is 40.7 Å². The van der Waals surface area contributed by atoms with Gasteiger partial charge in [0, 0.05) is 45.2 Å². The van der Waals surface area contributed by atoms with E-state index in [1.54, 1.807) is 19.0 Å². The molecule has 0 aliphatic carbocycles. The fourth-order valence-corrected chi connectivity index (χ4v) is 3.59. The molecule has 3 rings (SSSR count). The first-order chi connectivity index (χ1) is 14.6. The summed E-state index contributed by atoms with van der Waals surface area (Å²) in [6.45, 7) is 5.09. The number of guanidine groups is 1. The van der Waals surface area contributed by atoms with E-state index in [2.05, 4.69) is 35.8 Å². The zero-order valence-electron chi connectivity index (χ0n) is 18.6. The van der Waals surface area contributed by atoms with Gasteiger partial charge in [-0.05, 0) is 49.1 Å². The van der Waals surface area contributed by atoms with Crippen molar-refractivity contribution in [3.63, 3.8) is 0 Å². The number of benzene rings is 2. The maximum Gasteiger partial charge on any atom is 0.253 e. The molecule has 0 radical (unpaired) electrons. The lowest BCUT2D eigenvalue weighted by atomic mass is 9.93. The van der Waals surface area contributed by atoms with Gasteiger partial charge in [0.2, 0.25) is 0 Å². The van der Waals surface area contributed by atoms with Gasteiger partial charge >= 0.3 is 0 Å². The zero-order chi connectivity index (χ0) is 21.3. The van der Waals surface area contributed by atoms with Crippen LogP contribution in [0.15, 0.2) is 53.5 Å². The van der Waals surface area contributed by atoms with Gasteiger partial charge in [0.05, 0.1) is 6.61 Å². The smallest absolute Gasteiger partial charge is 0.253 e. The highest BCUT2D eigenvalue weighted by Gasteiger charge is 2.20. The Hall–Kier alpha value is -2.29. The number of carbonyl (C=O) groups is 1. The largest absolute Gasteiger partial charge is 0.493 e. The van der Waals surface area contributed by atoms with Crippen molar-refractivity contribution in [1.29, 1.82) is 0 Å². The van der Waals surface area contributed by atoms with Crippen molar-refractivity contribution in [2.24, 2.45) is 4.99 Å². The summed E-state index contributed by atoms with van der Waals surface area (Å²) in [4.78, 5) is 18.6. The van der Waals surface area contributed by atoms with E-state index >= 15 is 0 Å². The molecule has 1 atom stereocenters. The summed E-state index contributed by atoms with van der Waals surface area (Å²) in [5.74, 6) is 2.20. The van der Waals surface area contributed by atoms with Crippen LogP contribution < -0.4 is 15.4 Å². The van der Waals surface area contributed by atoms with Gasteiger partial charge in [0.15, 0.2) is 5.96 Å². The quantitative estimate of drug-likeness (QED) is 0.322. The van der Waals surface area contributed by atoms with Crippen LogP contribution in [0.4, 0.5) is 0 Å². The molecule has 0 spiro atoms. The van der Waals surface area contributed by atoms with E-state index in [9.17, 15) is 4.79 Å². The summed E-state index contributed by atoms with van der Waals surface area (Å²) in [6, 6.07) is 16.1. The number of fused-ring (bicyclic) bond motifs is 1. The zero-order valence-corrected chi connectivity index (χ0v) is 20.9. The number of hydrogen-bond donors (Lipinski definition) is 2. The number of aliphatic imine (C=N–C) groups is 1. The van der Waals surface area contributed by atoms with Crippen molar-refractivity contribution in [3.05, 3.63) is 65.2 Å². The number of halogens is 1. The molecule has 2 aromatic carbocycles. The number of nitrogens with one attached hydrogen (secondary N) is 2. The number of carbonyl (C=O) groups excluding carboxylic acids is 1. The number of hydrogen-bond acceptors (Lipinski definition) is 3. The highest BCUT2D eigenvalue weighted by Crippen LogP contribution is 2.33. The van der Waals surface area contributed by atoms with Gasteiger partial charge in [-0.2, -0.15) is 0 Å². The van der Waals surface area contributed by atoms with Gasteiger partial charge in [0.1, 0.15) is 5.75 Å². The molecular formula is C24H33IN4O2. The maximum atomic E-state index is 12.2. The van der Waals surface area contributed by atoms with E-state index in [0.29, 0.717) is 5.92 Å². The first kappa shape index (κ1) is 25.0. The molecule has 2 N–H and O–H groups in total. The van der Waals surface area contributed by atoms with Gasteiger partial charge in [0.25, 0.3) is 5.91 Å². The van der Waals surface area contributed by atoms with Gasteiger partial charge in [-0.3, -0.25) is 9.79 Å². The number of para-hydroxylation sites is 1. The van der Waals surface area contributed by atoms with Crippen molar-refractivity contribution in [1.82, 2.24) is 15.5 Å². The van der Waals surface area contributed by atoms with Crippen molar-refractivity contribution in [3.8, 4) is 5.75 Å². The van der Waals surface area contributed by atoms with E-state index in [4.69, 9.17) is 9.73 Å². The molecule has 0 fully saturated rings. The molecule has 0 saturated carbocycles. The van der Waals surface area contributed by atoms with Crippen LogP contribution in [0.3, 0.4) is 0 Å². The van der Waals surface area contributed by atoms with Crippen LogP contribution in [0, 0.1) is 0 Å². The van der Waals surface area contributed by atoms with Gasteiger partial charge < -0.3 is 20.3 Å². The summed E-state index contributed by atoms with van der Waals surface area (Å²) in [5.41, 5.74) is 3.09. The van der Waals surface area contributed by atoms with E-state index < -0.39 is 0 Å². The molecule has 1 aliphatic heterocycles. The average molecular weight is 536 g/mol. The van der Waals surface area contributed by atoms with E-state index in [1.165, 1.54) is 5.56 Å². The van der Waals surface area contributed by atoms with Gasteiger partial charge in [-0.25, -0.2) is 0 Å². The van der Waals surface area contributed by atoms with Gasteiger partial charge in [-0.1, -0.05) is 30.3 Å². The standard InChI is InChI=1S/C24H32N4O2.HI/c1-4-25-24(27-17-20-13-15-30-22-11-6-5-10-21(20)22)26-14-12-18-8-7-9-19(16-18)23(29)28(2)3;/h5-11,16,20H,4,12-15,17H2,1-3H3,(H2,25,26,27);1H. The molecule has 31 heavy (non-hydrogen) atoms. The van der Waals surface area contributed by atoms with Crippen molar-refractivity contribution in [2.75, 3.05) is 40.3 Å². The normalized spacial score (nSPS) is 15.2. The molecule has 1 aliphatic rings. The summed E-state index contributed by atoms with van der Waals surface area (Å²) >= 11 is 0. The molecule has 1 heterocycles. The van der Waals surface area contributed by atoms with Crippen molar-refractivity contribution < 1.29 is 9.53 Å². The third-order valence-electron chi connectivity index (χ3n) is 5.18. The topological polar surface area (TPSA) is 66.0 Å². The molecule has 2 aromatic rings. The number of rotatable bonds is 7. The Morgan fingerprint density at radius 3 is 2.74 bits per heavy atom. The Bertz CT molecular complexity index is 885. The summed E-state index contributed by atoms with van der Waals surface area (Å²) in [7, 11) is 3.54. The third kappa shape index (κ3) is 7.12. The summed E-state index contributed by atoms with van der Waals surface area (Å²) < 4.78 is 5.76. The first-order valence-corrected chi connectivity index (χ1v) is 10.6. The highest BCUT2D eigenvalue weighted by molar-refractivity contribution is 14.0. The lowest BCUT2D eigenvalue weighted by Crippen LogP contribution is -2.38. The van der Waals surface area contributed by atoms with Crippen molar-refractivity contribution >= 4 is 35.8 Å². The monoisotopic (exact) mass is 536 g/mol. The van der Waals surface area contributed by atoms with Crippen LogP contribution in [0.25, 0.3) is 0 Å². The van der Waals surface area contributed by atoms with Crippen molar-refractivity contribution in [2.45, 2.75) is 25.7 Å². The highest BCUT2D eigenvalue weighted by atomic mass is 127. The second kappa shape index (κ2) is 12.5. The Morgan fingerprint density at radius 1 is 1.16 bits per heavy atom. The SMILES string of the molecule is CCNC(=NCC1CCOc2ccccc21)NCCc1cccc(C(=O)N(C)C)c1.I. The Balaban J connectivity index is 0.00000341. The predicted molar refractivity (Wildman–Crippen MR) is 137 cm³/mol. The summed E-state index contributed by atoms with van der Waals surface area (Å²) in [6.07, 6.45) is 1.80. The third-order valence-corrected chi connectivity index (χ3v) is 5.18. The number of ether oxygens (including phenoxy) is 1. The Kier molecular flexibility index (Phi) is 10.1. The Labute approximate surface area is 202 Å². The van der Waals surface area contributed by atoms with Gasteiger partial charge in [-0.15, -0.1) is 24.0 Å². The molecule has 0 saturated heterocycles. The van der Waals surface area contributed by atoms with Crippen LogP contribution in [-0.2, 0) is 6.42 Å². The minimum absolute atomic E-state index is 0. The van der Waals surface area contributed by atoms with Crippen LogP contribution in [0.2, 0.25) is 0 Å². The first-order valence-electron chi connectivity index (χ1n) is 10.6. The second-order valence-electron chi connectivity index (χ2n) is 7.67. The van der Waals surface area contributed by atoms with Crippen LogP contribution >= 0.6 is 24.0 Å². The fraction of sp³-hybridized carbons (Fsp3) is 0.417. The minimum atomic E-state index is 0. The Morgan fingerprint density at radius 2 is 1.97 bits per heavy atom. The van der Waals surface area contributed by atoms with Crippen LogP contribution in [0.5, 0.6) is 5.75 Å².